The number of hydrogen-bond donors (Lipinski definition) is 1. The van der Waals surface area contributed by atoms with Crippen molar-refractivity contribution < 1.29 is 19.1 Å². The Balaban J connectivity index is 1.39. The summed E-state index contributed by atoms with van der Waals surface area (Å²) in [7, 11) is 1.36. The minimum atomic E-state index is -0.706. The lowest BCUT2D eigenvalue weighted by atomic mass is 9.99. The van der Waals surface area contributed by atoms with Crippen LogP contribution in [-0.2, 0) is 9.53 Å². The van der Waals surface area contributed by atoms with Gasteiger partial charge in [0, 0.05) is 5.69 Å². The molecule has 1 aliphatic rings. The van der Waals surface area contributed by atoms with Gasteiger partial charge >= 0.3 is 5.97 Å². The lowest BCUT2D eigenvalue weighted by molar-refractivity contribution is -0.128. The van der Waals surface area contributed by atoms with E-state index in [9.17, 15) is 9.59 Å². The van der Waals surface area contributed by atoms with E-state index < -0.39 is 12.1 Å². The van der Waals surface area contributed by atoms with Gasteiger partial charge in [-0.05, 0) is 59.7 Å². The SMILES string of the molecule is COC(=O)c1ccc(N2CC(C(=O)NC(C)c3cccc4ccccc34)Oc3ccccc32)cc1. The van der Waals surface area contributed by atoms with Gasteiger partial charge in [-0.2, -0.15) is 0 Å². The first kappa shape index (κ1) is 22.5. The smallest absolute Gasteiger partial charge is 0.337 e. The summed E-state index contributed by atoms with van der Waals surface area (Å²) >= 11 is 0. The van der Waals surface area contributed by atoms with Crippen LogP contribution in [0.4, 0.5) is 11.4 Å². The van der Waals surface area contributed by atoms with E-state index in [1.807, 2.05) is 72.5 Å². The van der Waals surface area contributed by atoms with Gasteiger partial charge in [0.25, 0.3) is 5.91 Å². The zero-order chi connectivity index (χ0) is 24.4. The fourth-order valence-electron chi connectivity index (χ4n) is 4.52. The van der Waals surface area contributed by atoms with E-state index in [0.29, 0.717) is 17.9 Å². The Bertz CT molecular complexity index is 1380. The molecule has 0 radical (unpaired) electrons. The molecule has 0 fully saturated rings. The quantitative estimate of drug-likeness (QED) is 0.399. The maximum atomic E-state index is 13.4. The van der Waals surface area contributed by atoms with E-state index in [0.717, 1.165) is 27.7 Å². The molecule has 0 saturated heterocycles. The molecule has 0 aromatic heterocycles. The average Bonchev–Trinajstić information content (AvgIpc) is 2.91. The summed E-state index contributed by atoms with van der Waals surface area (Å²) in [5.74, 6) is 0.0588. The third kappa shape index (κ3) is 4.43. The van der Waals surface area contributed by atoms with Crippen molar-refractivity contribution in [1.29, 1.82) is 0 Å². The first-order valence-electron chi connectivity index (χ1n) is 11.5. The van der Waals surface area contributed by atoms with Crippen LogP contribution in [-0.4, -0.2) is 31.6 Å². The van der Waals surface area contributed by atoms with E-state index in [-0.39, 0.29) is 11.9 Å². The molecule has 4 aromatic rings. The van der Waals surface area contributed by atoms with Gasteiger partial charge in [-0.25, -0.2) is 4.79 Å². The number of para-hydroxylation sites is 2. The molecule has 0 saturated carbocycles. The fourth-order valence-corrected chi connectivity index (χ4v) is 4.52. The molecule has 176 valence electrons. The van der Waals surface area contributed by atoms with Gasteiger partial charge in [-0.15, -0.1) is 0 Å². The van der Waals surface area contributed by atoms with Crippen molar-refractivity contribution in [2.75, 3.05) is 18.6 Å². The summed E-state index contributed by atoms with van der Waals surface area (Å²) in [6.07, 6.45) is -0.706. The molecule has 1 amide bonds. The van der Waals surface area contributed by atoms with Crippen LogP contribution in [0.1, 0.15) is 28.9 Å². The van der Waals surface area contributed by atoms with Crippen molar-refractivity contribution in [3.05, 3.63) is 102 Å². The molecule has 0 bridgehead atoms. The zero-order valence-corrected chi connectivity index (χ0v) is 19.6. The summed E-state index contributed by atoms with van der Waals surface area (Å²) in [4.78, 5) is 27.2. The number of anilines is 2. The second kappa shape index (κ2) is 9.50. The number of carbonyl (C=O) groups excluding carboxylic acids is 2. The largest absolute Gasteiger partial charge is 0.477 e. The number of nitrogens with one attached hydrogen (secondary N) is 1. The Morgan fingerprint density at radius 1 is 0.943 bits per heavy atom. The van der Waals surface area contributed by atoms with E-state index >= 15 is 0 Å². The number of rotatable bonds is 5. The summed E-state index contributed by atoms with van der Waals surface area (Å²) < 4.78 is 10.9. The predicted molar refractivity (Wildman–Crippen MR) is 136 cm³/mol. The van der Waals surface area contributed by atoms with Crippen molar-refractivity contribution in [2.24, 2.45) is 0 Å². The van der Waals surface area contributed by atoms with Crippen LogP contribution in [0.15, 0.2) is 91.0 Å². The van der Waals surface area contributed by atoms with Gasteiger partial charge in [0.2, 0.25) is 0 Å². The number of hydrogen-bond acceptors (Lipinski definition) is 5. The van der Waals surface area contributed by atoms with Crippen LogP contribution < -0.4 is 15.0 Å². The highest BCUT2D eigenvalue weighted by Crippen LogP contribution is 2.38. The predicted octanol–water partition coefficient (Wildman–Crippen LogP) is 5.40. The normalized spacial score (nSPS) is 15.6. The third-order valence-corrected chi connectivity index (χ3v) is 6.31. The summed E-state index contributed by atoms with van der Waals surface area (Å²) in [5.41, 5.74) is 3.25. The Morgan fingerprint density at radius 2 is 1.66 bits per heavy atom. The molecular formula is C29H26N2O4. The number of amides is 1. The van der Waals surface area contributed by atoms with Gasteiger partial charge in [-0.3, -0.25) is 4.79 Å². The Labute approximate surface area is 204 Å². The monoisotopic (exact) mass is 466 g/mol. The average molecular weight is 467 g/mol. The molecule has 1 aliphatic heterocycles. The van der Waals surface area contributed by atoms with Crippen LogP contribution in [0.2, 0.25) is 0 Å². The van der Waals surface area contributed by atoms with E-state index in [4.69, 9.17) is 9.47 Å². The van der Waals surface area contributed by atoms with Crippen LogP contribution in [0.5, 0.6) is 5.75 Å². The summed E-state index contributed by atoms with van der Waals surface area (Å²) in [6, 6.07) is 28.8. The molecule has 0 aliphatic carbocycles. The molecule has 4 aromatic carbocycles. The first-order chi connectivity index (χ1) is 17.0. The van der Waals surface area contributed by atoms with Gasteiger partial charge in [0.15, 0.2) is 6.10 Å². The minimum Gasteiger partial charge on any atom is -0.477 e. The molecular weight excluding hydrogens is 440 g/mol. The van der Waals surface area contributed by atoms with Crippen LogP contribution >= 0.6 is 0 Å². The van der Waals surface area contributed by atoms with Crippen molar-refractivity contribution in [3.63, 3.8) is 0 Å². The first-order valence-corrected chi connectivity index (χ1v) is 11.5. The zero-order valence-electron chi connectivity index (χ0n) is 19.6. The Morgan fingerprint density at radius 3 is 2.46 bits per heavy atom. The van der Waals surface area contributed by atoms with Gasteiger partial charge in [-0.1, -0.05) is 54.6 Å². The summed E-state index contributed by atoms with van der Waals surface area (Å²) in [5, 5.41) is 5.39. The molecule has 1 heterocycles. The topological polar surface area (TPSA) is 67.9 Å². The second-order valence-electron chi connectivity index (χ2n) is 8.52. The van der Waals surface area contributed by atoms with Crippen molar-refractivity contribution in [1.82, 2.24) is 5.32 Å². The van der Waals surface area contributed by atoms with E-state index in [1.54, 1.807) is 12.1 Å². The number of ether oxygens (including phenoxy) is 2. The molecule has 6 heteroatoms. The van der Waals surface area contributed by atoms with Crippen LogP contribution in [0.25, 0.3) is 10.8 Å². The van der Waals surface area contributed by atoms with Crippen molar-refractivity contribution in [2.45, 2.75) is 19.1 Å². The lowest BCUT2D eigenvalue weighted by Gasteiger charge is -2.36. The number of nitrogens with zero attached hydrogens (tertiary/aromatic N) is 1. The van der Waals surface area contributed by atoms with E-state index in [1.165, 1.54) is 7.11 Å². The maximum absolute atomic E-state index is 13.4. The number of carbonyl (C=O) groups is 2. The van der Waals surface area contributed by atoms with E-state index in [2.05, 4.69) is 23.5 Å². The fraction of sp³-hybridized carbons (Fsp3) is 0.172. The number of methoxy groups -OCH3 is 1. The third-order valence-electron chi connectivity index (χ3n) is 6.31. The van der Waals surface area contributed by atoms with Gasteiger partial charge in [0.05, 0.1) is 30.9 Å². The molecule has 2 unspecified atom stereocenters. The van der Waals surface area contributed by atoms with Gasteiger partial charge in [0.1, 0.15) is 5.75 Å². The number of esters is 1. The summed E-state index contributed by atoms with van der Waals surface area (Å²) in [6.45, 7) is 2.32. The van der Waals surface area contributed by atoms with Crippen molar-refractivity contribution >= 4 is 34.0 Å². The number of fused-ring (bicyclic) bond motifs is 2. The standard InChI is InChI=1S/C29H26N2O4/c1-19(23-11-7-9-20-8-3-4-10-24(20)23)30-28(32)27-18-31(25-12-5-6-13-26(25)35-27)22-16-14-21(15-17-22)29(33)34-2/h3-17,19,27H,18H2,1-2H3,(H,30,32). The van der Waals surface area contributed by atoms with Crippen LogP contribution in [0, 0.1) is 0 Å². The highest BCUT2D eigenvalue weighted by Gasteiger charge is 2.32. The number of benzene rings is 4. The van der Waals surface area contributed by atoms with Gasteiger partial charge < -0.3 is 19.7 Å². The highest BCUT2D eigenvalue weighted by molar-refractivity contribution is 5.91. The molecule has 35 heavy (non-hydrogen) atoms. The minimum absolute atomic E-state index is 0.184. The Kier molecular flexibility index (Phi) is 6.10. The molecule has 1 N–H and O–H groups in total. The molecule has 5 rings (SSSR count). The van der Waals surface area contributed by atoms with Crippen molar-refractivity contribution in [3.8, 4) is 5.75 Å². The maximum Gasteiger partial charge on any atom is 0.337 e. The second-order valence-corrected chi connectivity index (χ2v) is 8.52. The van der Waals surface area contributed by atoms with Crippen LogP contribution in [0.3, 0.4) is 0 Å². The Hall–Kier alpha value is -4.32. The molecule has 6 nitrogen and oxygen atoms in total. The molecule has 0 spiro atoms. The highest BCUT2D eigenvalue weighted by atomic mass is 16.5. The molecule has 2 atom stereocenters. The lowest BCUT2D eigenvalue weighted by Crippen LogP contribution is -2.48.